The van der Waals surface area contributed by atoms with Gasteiger partial charge in [0.15, 0.2) is 0 Å². The normalized spacial score (nSPS) is 14.5. The Kier molecular flexibility index (Phi) is 3.86. The topological polar surface area (TPSA) is 37.8 Å². The highest BCUT2D eigenvalue weighted by molar-refractivity contribution is 5.85. The summed E-state index contributed by atoms with van der Waals surface area (Å²) in [6.45, 7) is 1.99. The maximum Gasteiger partial charge on any atom is 0.0929 e. The van der Waals surface area contributed by atoms with Gasteiger partial charge in [-0.1, -0.05) is 42.5 Å². The third kappa shape index (κ3) is 2.50. The van der Waals surface area contributed by atoms with E-state index in [-0.39, 0.29) is 12.4 Å². The highest BCUT2D eigenvalue weighted by Gasteiger charge is 2.25. The van der Waals surface area contributed by atoms with Crippen LogP contribution in [0.4, 0.5) is 0 Å². The molecule has 3 nitrogen and oxygen atoms in total. The molecule has 0 unspecified atom stereocenters. The number of rotatable bonds is 2. The van der Waals surface area contributed by atoms with Crippen LogP contribution in [0.2, 0.25) is 0 Å². The number of fused-ring (bicyclic) bond motifs is 1. The summed E-state index contributed by atoms with van der Waals surface area (Å²) in [5, 5.41) is 3.32. The Morgan fingerprint density at radius 1 is 0.810 bits per heavy atom. The van der Waals surface area contributed by atoms with Crippen LogP contribution in [0.15, 0.2) is 54.6 Å². The molecule has 0 radical (unpaired) electrons. The van der Waals surface area contributed by atoms with Crippen LogP contribution >= 0.6 is 12.4 Å². The van der Waals surface area contributed by atoms with Gasteiger partial charge < -0.3 is 5.32 Å². The van der Waals surface area contributed by atoms with Crippen LogP contribution in [0.5, 0.6) is 0 Å². The van der Waals surface area contributed by atoms with E-state index in [1.807, 2.05) is 30.3 Å². The van der Waals surface area contributed by atoms with Crippen molar-refractivity contribution < 1.29 is 0 Å². The summed E-state index contributed by atoms with van der Waals surface area (Å²) in [5.41, 5.74) is 5.23. The summed E-state index contributed by atoms with van der Waals surface area (Å²) in [5.74, 6) is 0.474. The molecule has 4 heteroatoms. The third-order valence-corrected chi connectivity index (χ3v) is 3.81. The Hall–Kier alpha value is -1.97. The fraction of sp³-hybridized carbons (Fsp3) is 0.176. The molecule has 2 heterocycles. The van der Waals surface area contributed by atoms with E-state index in [9.17, 15) is 0 Å². The minimum Gasteiger partial charge on any atom is -0.315 e. The van der Waals surface area contributed by atoms with E-state index >= 15 is 0 Å². The molecule has 0 spiro atoms. The fourth-order valence-corrected chi connectivity index (χ4v) is 2.59. The Bertz CT molecular complexity index is 754. The smallest absolute Gasteiger partial charge is 0.0929 e. The van der Waals surface area contributed by atoms with Gasteiger partial charge in [0.2, 0.25) is 0 Å². The Morgan fingerprint density at radius 2 is 1.43 bits per heavy atom. The van der Waals surface area contributed by atoms with Gasteiger partial charge in [-0.05, 0) is 12.1 Å². The summed E-state index contributed by atoms with van der Waals surface area (Å²) < 4.78 is 0. The zero-order valence-corrected chi connectivity index (χ0v) is 12.3. The van der Waals surface area contributed by atoms with Gasteiger partial charge in [0, 0.05) is 24.6 Å². The van der Waals surface area contributed by atoms with E-state index in [1.165, 1.54) is 0 Å². The monoisotopic (exact) mass is 297 g/mol. The maximum absolute atomic E-state index is 4.87. The second kappa shape index (κ2) is 5.80. The van der Waals surface area contributed by atoms with Gasteiger partial charge in [0.05, 0.1) is 22.4 Å². The average Bonchev–Trinajstić information content (AvgIpc) is 2.46. The molecule has 1 aliphatic heterocycles. The molecule has 1 saturated heterocycles. The molecule has 21 heavy (non-hydrogen) atoms. The first-order valence-corrected chi connectivity index (χ1v) is 6.94. The van der Waals surface area contributed by atoms with Crippen molar-refractivity contribution in [1.82, 2.24) is 15.3 Å². The van der Waals surface area contributed by atoms with Crippen molar-refractivity contribution in [1.29, 1.82) is 0 Å². The second-order valence-corrected chi connectivity index (χ2v) is 5.17. The van der Waals surface area contributed by atoms with Crippen molar-refractivity contribution >= 4 is 23.4 Å². The number of hydrogen-bond donors (Lipinski definition) is 1. The number of para-hydroxylation sites is 2. The lowest BCUT2D eigenvalue weighted by atomic mass is 9.94. The molecule has 1 N–H and O–H groups in total. The van der Waals surface area contributed by atoms with Gasteiger partial charge in [-0.2, -0.15) is 0 Å². The lowest BCUT2D eigenvalue weighted by Gasteiger charge is -2.28. The minimum atomic E-state index is 0. The quantitative estimate of drug-likeness (QED) is 0.788. The van der Waals surface area contributed by atoms with Gasteiger partial charge in [0.1, 0.15) is 0 Å². The number of nitrogens with one attached hydrogen (secondary N) is 1. The van der Waals surface area contributed by atoms with Crippen molar-refractivity contribution in [2.75, 3.05) is 13.1 Å². The average molecular weight is 298 g/mol. The van der Waals surface area contributed by atoms with Crippen LogP contribution in [0.3, 0.4) is 0 Å². The molecule has 0 saturated carbocycles. The van der Waals surface area contributed by atoms with E-state index in [4.69, 9.17) is 9.97 Å². The van der Waals surface area contributed by atoms with Crippen LogP contribution in [-0.2, 0) is 0 Å². The third-order valence-electron chi connectivity index (χ3n) is 3.81. The van der Waals surface area contributed by atoms with Crippen LogP contribution in [0.1, 0.15) is 11.6 Å². The zero-order chi connectivity index (χ0) is 13.4. The van der Waals surface area contributed by atoms with E-state index < -0.39 is 0 Å². The molecule has 1 aliphatic rings. The summed E-state index contributed by atoms with van der Waals surface area (Å²) in [6, 6.07) is 18.4. The van der Waals surface area contributed by atoms with E-state index in [0.717, 1.165) is 41.1 Å². The van der Waals surface area contributed by atoms with Crippen LogP contribution in [0.25, 0.3) is 22.3 Å². The van der Waals surface area contributed by atoms with Crippen LogP contribution in [-0.4, -0.2) is 23.1 Å². The van der Waals surface area contributed by atoms with Crippen molar-refractivity contribution in [3.05, 3.63) is 60.3 Å². The van der Waals surface area contributed by atoms with Gasteiger partial charge in [-0.15, -0.1) is 12.4 Å². The Morgan fingerprint density at radius 3 is 2.05 bits per heavy atom. The molecule has 4 rings (SSSR count). The molecule has 106 valence electrons. The van der Waals surface area contributed by atoms with Gasteiger partial charge >= 0.3 is 0 Å². The van der Waals surface area contributed by atoms with Crippen molar-refractivity contribution in [3.63, 3.8) is 0 Å². The van der Waals surface area contributed by atoms with Crippen LogP contribution < -0.4 is 5.32 Å². The standard InChI is InChI=1S/C17H15N3.ClH/c1-2-6-12(7-3-1)16-17(13-10-18-11-13)20-15-9-5-4-8-14(15)19-16;/h1-9,13,18H,10-11H2;1H. The lowest BCUT2D eigenvalue weighted by molar-refractivity contribution is 0.441. The number of nitrogens with zero attached hydrogens (tertiary/aromatic N) is 2. The Balaban J connectivity index is 0.00000132. The Labute approximate surface area is 129 Å². The van der Waals surface area contributed by atoms with Crippen molar-refractivity contribution in [2.24, 2.45) is 0 Å². The molecular formula is C17H16ClN3. The first-order chi connectivity index (χ1) is 9.92. The number of benzene rings is 2. The first kappa shape index (κ1) is 14.0. The highest BCUT2D eigenvalue weighted by Crippen LogP contribution is 2.30. The molecule has 0 amide bonds. The number of halogens is 1. The second-order valence-electron chi connectivity index (χ2n) is 5.17. The van der Waals surface area contributed by atoms with E-state index in [2.05, 4.69) is 29.6 Å². The molecule has 1 fully saturated rings. The van der Waals surface area contributed by atoms with Crippen molar-refractivity contribution in [2.45, 2.75) is 5.92 Å². The summed E-state index contributed by atoms with van der Waals surface area (Å²) >= 11 is 0. The maximum atomic E-state index is 4.87. The molecule has 2 aromatic carbocycles. The van der Waals surface area contributed by atoms with E-state index in [1.54, 1.807) is 0 Å². The molecule has 1 aromatic heterocycles. The number of hydrogen-bond acceptors (Lipinski definition) is 3. The number of aromatic nitrogens is 2. The largest absolute Gasteiger partial charge is 0.315 e. The summed E-state index contributed by atoms with van der Waals surface area (Å²) in [6.07, 6.45) is 0. The molecule has 0 aliphatic carbocycles. The summed E-state index contributed by atoms with van der Waals surface area (Å²) in [7, 11) is 0. The molecule has 0 bridgehead atoms. The van der Waals surface area contributed by atoms with Gasteiger partial charge in [-0.25, -0.2) is 9.97 Å². The summed E-state index contributed by atoms with van der Waals surface area (Å²) in [4.78, 5) is 9.73. The molecule has 3 aromatic rings. The molecule has 0 atom stereocenters. The van der Waals surface area contributed by atoms with Gasteiger partial charge in [0.25, 0.3) is 0 Å². The van der Waals surface area contributed by atoms with Crippen LogP contribution in [0, 0.1) is 0 Å². The minimum absolute atomic E-state index is 0. The van der Waals surface area contributed by atoms with E-state index in [0.29, 0.717) is 5.92 Å². The predicted octanol–water partition coefficient (Wildman–Crippen LogP) is 3.41. The molecular weight excluding hydrogens is 282 g/mol. The highest BCUT2D eigenvalue weighted by atomic mass is 35.5. The van der Waals surface area contributed by atoms with Gasteiger partial charge in [-0.3, -0.25) is 0 Å². The zero-order valence-electron chi connectivity index (χ0n) is 11.5. The first-order valence-electron chi connectivity index (χ1n) is 6.94. The lowest BCUT2D eigenvalue weighted by Crippen LogP contribution is -2.40. The fourth-order valence-electron chi connectivity index (χ4n) is 2.59. The van der Waals surface area contributed by atoms with Crippen molar-refractivity contribution in [3.8, 4) is 11.3 Å². The SMILES string of the molecule is Cl.c1ccc(-c2nc3ccccc3nc2C2CNC2)cc1. The predicted molar refractivity (Wildman–Crippen MR) is 87.8 cm³/mol.